The summed E-state index contributed by atoms with van der Waals surface area (Å²) in [5, 5.41) is 14.1. The minimum atomic E-state index is -0.420. The molecule has 0 fully saturated rings. The quantitative estimate of drug-likeness (QED) is 0.664. The number of nitrogens with one attached hydrogen (secondary N) is 1. The van der Waals surface area contributed by atoms with Crippen molar-refractivity contribution in [2.45, 2.75) is 25.9 Å². The van der Waals surface area contributed by atoms with Crippen LogP contribution in [-0.2, 0) is 0 Å². The van der Waals surface area contributed by atoms with Gasteiger partial charge in [-0.2, -0.15) is 0 Å². The minimum Gasteiger partial charge on any atom is -0.304 e. The van der Waals surface area contributed by atoms with Crippen LogP contribution in [0.4, 0.5) is 10.1 Å². The molecule has 0 aromatic heterocycles. The monoisotopic (exact) mass is 288 g/mol. The number of benzene rings is 2. The normalized spacial score (nSPS) is 13.7. The Morgan fingerprint density at radius 3 is 2.48 bits per heavy atom. The first kappa shape index (κ1) is 15.1. The molecule has 4 nitrogen and oxygen atoms in total. The van der Waals surface area contributed by atoms with Gasteiger partial charge in [0.05, 0.1) is 4.92 Å². The Kier molecular flexibility index (Phi) is 4.65. The lowest BCUT2D eigenvalue weighted by Gasteiger charge is -2.21. The molecule has 0 aliphatic carbocycles. The van der Waals surface area contributed by atoms with Gasteiger partial charge in [-0.1, -0.05) is 30.3 Å². The second kappa shape index (κ2) is 6.45. The van der Waals surface area contributed by atoms with Crippen molar-refractivity contribution in [2.24, 2.45) is 0 Å². The molecule has 21 heavy (non-hydrogen) atoms. The molecule has 0 amide bonds. The second-order valence-electron chi connectivity index (χ2n) is 4.98. The number of rotatable bonds is 5. The summed E-state index contributed by atoms with van der Waals surface area (Å²) >= 11 is 0. The van der Waals surface area contributed by atoms with E-state index in [9.17, 15) is 14.5 Å². The molecule has 2 unspecified atom stereocenters. The predicted octanol–water partition coefficient (Wildman–Crippen LogP) is 4.15. The van der Waals surface area contributed by atoms with Crippen LogP contribution in [0.5, 0.6) is 0 Å². The maximum Gasteiger partial charge on any atom is 0.269 e. The van der Waals surface area contributed by atoms with E-state index < -0.39 is 4.92 Å². The fourth-order valence-electron chi connectivity index (χ4n) is 2.29. The molecule has 0 heterocycles. The van der Waals surface area contributed by atoms with Crippen molar-refractivity contribution in [3.8, 4) is 0 Å². The average Bonchev–Trinajstić information content (AvgIpc) is 2.47. The maximum atomic E-state index is 13.7. The van der Waals surface area contributed by atoms with Crippen molar-refractivity contribution in [3.05, 3.63) is 75.6 Å². The summed E-state index contributed by atoms with van der Waals surface area (Å²) in [4.78, 5) is 10.4. The third-order valence-electron chi connectivity index (χ3n) is 3.45. The topological polar surface area (TPSA) is 55.2 Å². The zero-order chi connectivity index (χ0) is 15.4. The highest BCUT2D eigenvalue weighted by Crippen LogP contribution is 2.23. The Morgan fingerprint density at radius 1 is 1.10 bits per heavy atom. The first-order chi connectivity index (χ1) is 9.99. The lowest BCUT2D eigenvalue weighted by molar-refractivity contribution is -0.384. The molecule has 0 spiro atoms. The van der Waals surface area contributed by atoms with E-state index >= 15 is 0 Å². The minimum absolute atomic E-state index is 0.0553. The summed E-state index contributed by atoms with van der Waals surface area (Å²) in [6, 6.07) is 12.7. The van der Waals surface area contributed by atoms with E-state index in [1.54, 1.807) is 24.3 Å². The van der Waals surface area contributed by atoms with Gasteiger partial charge in [0.1, 0.15) is 5.82 Å². The first-order valence-electron chi connectivity index (χ1n) is 6.74. The van der Waals surface area contributed by atoms with Gasteiger partial charge >= 0.3 is 0 Å². The van der Waals surface area contributed by atoms with Crippen LogP contribution >= 0.6 is 0 Å². The van der Waals surface area contributed by atoms with Crippen LogP contribution in [0, 0.1) is 15.9 Å². The van der Waals surface area contributed by atoms with Gasteiger partial charge in [0.2, 0.25) is 0 Å². The smallest absolute Gasteiger partial charge is 0.269 e. The SMILES string of the molecule is CC(NC(C)c1ccccc1F)c1cccc([N+](=O)[O-])c1. The lowest BCUT2D eigenvalue weighted by atomic mass is 10.0. The largest absolute Gasteiger partial charge is 0.304 e. The Bertz CT molecular complexity index is 646. The standard InChI is InChI=1S/C16H17FN2O2/c1-11(13-6-5-7-14(10-13)19(20)21)18-12(2)15-8-3-4-9-16(15)17/h3-12,18H,1-2H3. The van der Waals surface area contributed by atoms with Crippen LogP contribution in [-0.4, -0.2) is 4.92 Å². The van der Waals surface area contributed by atoms with Crippen molar-refractivity contribution in [2.75, 3.05) is 0 Å². The van der Waals surface area contributed by atoms with E-state index in [2.05, 4.69) is 5.32 Å². The average molecular weight is 288 g/mol. The maximum absolute atomic E-state index is 13.7. The molecule has 0 radical (unpaired) electrons. The van der Waals surface area contributed by atoms with Gasteiger partial charge < -0.3 is 5.32 Å². The summed E-state index contributed by atoms with van der Waals surface area (Å²) in [5.74, 6) is -0.260. The molecule has 0 aliphatic heterocycles. The molecule has 5 heteroatoms. The van der Waals surface area contributed by atoms with E-state index in [0.717, 1.165) is 5.56 Å². The van der Waals surface area contributed by atoms with E-state index in [1.807, 2.05) is 19.9 Å². The number of nitro groups is 1. The summed E-state index contributed by atoms with van der Waals surface area (Å²) in [6.07, 6.45) is 0. The Balaban J connectivity index is 2.14. The van der Waals surface area contributed by atoms with Gasteiger partial charge in [-0.3, -0.25) is 10.1 Å². The molecule has 1 N–H and O–H groups in total. The molecule has 0 bridgehead atoms. The van der Waals surface area contributed by atoms with Crippen LogP contribution in [0.25, 0.3) is 0 Å². The van der Waals surface area contributed by atoms with E-state index in [0.29, 0.717) is 5.56 Å². The lowest BCUT2D eigenvalue weighted by Crippen LogP contribution is -2.23. The van der Waals surface area contributed by atoms with Crippen molar-refractivity contribution >= 4 is 5.69 Å². The highest BCUT2D eigenvalue weighted by molar-refractivity contribution is 5.35. The van der Waals surface area contributed by atoms with Crippen LogP contribution < -0.4 is 5.32 Å². The third kappa shape index (κ3) is 3.64. The van der Waals surface area contributed by atoms with Crippen molar-refractivity contribution in [1.82, 2.24) is 5.32 Å². The van der Waals surface area contributed by atoms with Crippen molar-refractivity contribution in [3.63, 3.8) is 0 Å². The Morgan fingerprint density at radius 2 is 1.81 bits per heavy atom. The Labute approximate surface area is 122 Å². The van der Waals surface area contributed by atoms with Crippen LogP contribution in [0.15, 0.2) is 48.5 Å². The van der Waals surface area contributed by atoms with Gasteiger partial charge in [0, 0.05) is 29.8 Å². The number of nitrogens with zero attached hydrogens (tertiary/aromatic N) is 1. The van der Waals surface area contributed by atoms with Crippen molar-refractivity contribution in [1.29, 1.82) is 0 Å². The summed E-state index contributed by atoms with van der Waals surface area (Å²) < 4.78 is 13.7. The molecule has 2 rings (SSSR count). The molecule has 0 saturated carbocycles. The molecule has 2 aromatic carbocycles. The van der Waals surface area contributed by atoms with Gasteiger partial charge in [0.15, 0.2) is 0 Å². The van der Waals surface area contributed by atoms with Crippen molar-refractivity contribution < 1.29 is 9.31 Å². The number of nitro benzene ring substituents is 1. The number of halogens is 1. The molecular formula is C16H17FN2O2. The van der Waals surface area contributed by atoms with E-state index in [-0.39, 0.29) is 23.6 Å². The highest BCUT2D eigenvalue weighted by Gasteiger charge is 2.15. The molecular weight excluding hydrogens is 271 g/mol. The van der Waals surface area contributed by atoms with Gasteiger partial charge in [-0.25, -0.2) is 4.39 Å². The van der Waals surface area contributed by atoms with E-state index in [1.165, 1.54) is 18.2 Å². The van der Waals surface area contributed by atoms with Gasteiger partial charge in [0.25, 0.3) is 5.69 Å². The van der Waals surface area contributed by atoms with Crippen LogP contribution in [0.2, 0.25) is 0 Å². The summed E-state index contributed by atoms with van der Waals surface area (Å²) in [5.41, 5.74) is 1.43. The molecule has 110 valence electrons. The summed E-state index contributed by atoms with van der Waals surface area (Å²) in [6.45, 7) is 3.77. The molecule has 2 aromatic rings. The van der Waals surface area contributed by atoms with E-state index in [4.69, 9.17) is 0 Å². The van der Waals surface area contributed by atoms with Gasteiger partial charge in [-0.15, -0.1) is 0 Å². The number of non-ortho nitro benzene ring substituents is 1. The molecule has 2 atom stereocenters. The molecule has 0 aliphatic rings. The Hall–Kier alpha value is -2.27. The second-order valence-corrected chi connectivity index (χ2v) is 4.98. The highest BCUT2D eigenvalue weighted by atomic mass is 19.1. The first-order valence-corrected chi connectivity index (χ1v) is 6.74. The van der Waals surface area contributed by atoms with Crippen LogP contribution in [0.1, 0.15) is 37.1 Å². The summed E-state index contributed by atoms with van der Waals surface area (Å²) in [7, 11) is 0. The third-order valence-corrected chi connectivity index (χ3v) is 3.45. The predicted molar refractivity (Wildman–Crippen MR) is 79.5 cm³/mol. The van der Waals surface area contributed by atoms with Gasteiger partial charge in [-0.05, 0) is 25.5 Å². The fraction of sp³-hybridized carbons (Fsp3) is 0.250. The number of hydrogen-bond acceptors (Lipinski definition) is 3. The zero-order valence-corrected chi connectivity index (χ0v) is 11.9. The zero-order valence-electron chi connectivity index (χ0n) is 11.9. The fourth-order valence-corrected chi connectivity index (χ4v) is 2.29. The number of hydrogen-bond donors (Lipinski definition) is 1. The molecule has 0 saturated heterocycles. The van der Waals surface area contributed by atoms with Crippen LogP contribution in [0.3, 0.4) is 0 Å².